The third-order valence-electron chi connectivity index (χ3n) is 6.14. The second kappa shape index (κ2) is 13.7. The van der Waals surface area contributed by atoms with Crippen LogP contribution in [0.3, 0.4) is 0 Å². The van der Waals surface area contributed by atoms with Gasteiger partial charge in [0.1, 0.15) is 18.4 Å². The van der Waals surface area contributed by atoms with Crippen LogP contribution in [0, 0.1) is 15.9 Å². The largest absolute Gasteiger partial charge is 0.354 e. The molecule has 1 N–H and O–H groups in total. The molecule has 0 spiro atoms. The summed E-state index contributed by atoms with van der Waals surface area (Å²) in [7, 11) is -4.36. The number of hydrogen-bond donors (Lipinski definition) is 1. The van der Waals surface area contributed by atoms with E-state index in [1.54, 1.807) is 13.0 Å². The minimum atomic E-state index is -4.36. The molecule has 0 bridgehead atoms. The maximum absolute atomic E-state index is 13.9. The van der Waals surface area contributed by atoms with Crippen LogP contribution in [-0.4, -0.2) is 49.2 Å². The van der Waals surface area contributed by atoms with E-state index in [1.165, 1.54) is 71.6 Å². The number of amides is 2. The topological polar surface area (TPSA) is 130 Å². The smallest absolute Gasteiger partial charge is 0.271 e. The van der Waals surface area contributed by atoms with E-state index in [4.69, 9.17) is 0 Å². The van der Waals surface area contributed by atoms with Gasteiger partial charge in [-0.15, -0.1) is 0 Å². The predicted molar refractivity (Wildman–Crippen MR) is 148 cm³/mol. The highest BCUT2D eigenvalue weighted by atomic mass is 32.2. The van der Waals surface area contributed by atoms with E-state index in [2.05, 4.69) is 5.32 Å². The summed E-state index contributed by atoms with van der Waals surface area (Å²) in [6, 6.07) is 16.8. The van der Waals surface area contributed by atoms with Gasteiger partial charge in [0.25, 0.3) is 15.7 Å². The molecular weight excluding hydrogens is 539 g/mol. The fourth-order valence-electron chi connectivity index (χ4n) is 4.08. The molecule has 0 aliphatic rings. The van der Waals surface area contributed by atoms with Crippen LogP contribution in [0.1, 0.15) is 32.3 Å². The molecular formula is C28H31FN4O6S. The fraction of sp³-hybridized carbons (Fsp3) is 0.286. The summed E-state index contributed by atoms with van der Waals surface area (Å²) in [5.41, 5.74) is 0.0904. The van der Waals surface area contributed by atoms with Crippen molar-refractivity contribution in [1.82, 2.24) is 10.2 Å². The third-order valence-corrected chi connectivity index (χ3v) is 7.93. The molecule has 10 nitrogen and oxygen atoms in total. The van der Waals surface area contributed by atoms with Crippen LogP contribution in [0.25, 0.3) is 0 Å². The third kappa shape index (κ3) is 7.41. The van der Waals surface area contributed by atoms with Gasteiger partial charge >= 0.3 is 0 Å². The van der Waals surface area contributed by atoms with Gasteiger partial charge in [-0.2, -0.15) is 0 Å². The molecule has 0 radical (unpaired) electrons. The Balaban J connectivity index is 2.07. The number of rotatable bonds is 13. The minimum Gasteiger partial charge on any atom is -0.354 e. The molecule has 2 amide bonds. The van der Waals surface area contributed by atoms with E-state index < -0.39 is 45.2 Å². The number of nitrogens with one attached hydrogen (secondary N) is 1. The van der Waals surface area contributed by atoms with Gasteiger partial charge in [0, 0.05) is 25.2 Å². The standard InChI is InChI=1S/C28H31FN4O6S/c1-3-17-30-28(35)26(4-2)31(19-21-13-15-22(29)16-14-21)27(34)20-32(23-9-8-10-24(18-23)33(36)37)40(38,39)25-11-6-5-7-12-25/h5-16,18,26H,3-4,17,19-20H2,1-2H3,(H,30,35). The van der Waals surface area contributed by atoms with E-state index >= 15 is 0 Å². The Bertz CT molecular complexity index is 1430. The second-order valence-electron chi connectivity index (χ2n) is 8.96. The summed E-state index contributed by atoms with van der Waals surface area (Å²) >= 11 is 0. The van der Waals surface area contributed by atoms with Gasteiger partial charge in [-0.1, -0.05) is 50.2 Å². The lowest BCUT2D eigenvalue weighted by molar-refractivity contribution is -0.384. The Morgan fingerprint density at radius 3 is 2.27 bits per heavy atom. The predicted octanol–water partition coefficient (Wildman–Crippen LogP) is 4.26. The monoisotopic (exact) mass is 570 g/mol. The Hall–Kier alpha value is -4.32. The molecule has 0 aromatic heterocycles. The van der Waals surface area contributed by atoms with Gasteiger partial charge in [-0.25, -0.2) is 12.8 Å². The number of anilines is 1. The van der Waals surface area contributed by atoms with Gasteiger partial charge in [0.05, 0.1) is 15.5 Å². The van der Waals surface area contributed by atoms with E-state index in [1.807, 2.05) is 6.92 Å². The summed E-state index contributed by atoms with van der Waals surface area (Å²) in [5, 5.41) is 14.2. The first kappa shape index (κ1) is 30.2. The zero-order chi connectivity index (χ0) is 29.3. The number of benzene rings is 3. The zero-order valence-electron chi connectivity index (χ0n) is 22.2. The quantitative estimate of drug-likeness (QED) is 0.241. The average Bonchev–Trinajstić information content (AvgIpc) is 2.96. The number of sulfonamides is 1. The van der Waals surface area contributed by atoms with Crippen molar-refractivity contribution in [3.8, 4) is 0 Å². The first-order valence-electron chi connectivity index (χ1n) is 12.7. The number of carbonyl (C=O) groups excluding carboxylic acids is 2. The highest BCUT2D eigenvalue weighted by molar-refractivity contribution is 7.92. The molecule has 12 heteroatoms. The molecule has 0 aliphatic carbocycles. The van der Waals surface area contributed by atoms with Crippen LogP contribution in [0.15, 0.2) is 83.8 Å². The highest BCUT2D eigenvalue weighted by Gasteiger charge is 2.34. The maximum atomic E-state index is 13.9. The number of nitro benzene ring substituents is 1. The molecule has 3 aromatic carbocycles. The summed E-state index contributed by atoms with van der Waals surface area (Å²) < 4.78 is 41.8. The molecule has 1 unspecified atom stereocenters. The lowest BCUT2D eigenvalue weighted by Gasteiger charge is -2.33. The van der Waals surface area contributed by atoms with Crippen molar-refractivity contribution < 1.29 is 27.3 Å². The summed E-state index contributed by atoms with van der Waals surface area (Å²) in [4.78, 5) is 38.9. The summed E-state index contributed by atoms with van der Waals surface area (Å²) in [6.45, 7) is 3.16. The Labute approximate surface area is 232 Å². The van der Waals surface area contributed by atoms with Crippen LogP contribution in [0.2, 0.25) is 0 Å². The van der Waals surface area contributed by atoms with Crippen LogP contribution in [0.4, 0.5) is 15.8 Å². The second-order valence-corrected chi connectivity index (χ2v) is 10.8. The number of non-ortho nitro benzene ring substituents is 1. The van der Waals surface area contributed by atoms with Crippen LogP contribution in [-0.2, 0) is 26.2 Å². The average molecular weight is 571 g/mol. The molecule has 0 heterocycles. The van der Waals surface area contributed by atoms with Crippen LogP contribution >= 0.6 is 0 Å². The molecule has 212 valence electrons. The number of halogens is 1. The lowest BCUT2D eigenvalue weighted by Crippen LogP contribution is -2.52. The van der Waals surface area contributed by atoms with Crippen molar-refractivity contribution in [2.75, 3.05) is 17.4 Å². The molecule has 0 saturated carbocycles. The number of carbonyl (C=O) groups is 2. The minimum absolute atomic E-state index is 0.0865. The fourth-order valence-corrected chi connectivity index (χ4v) is 5.51. The van der Waals surface area contributed by atoms with Crippen molar-refractivity contribution in [3.05, 3.63) is 100 Å². The van der Waals surface area contributed by atoms with Crippen molar-refractivity contribution in [2.45, 2.75) is 44.2 Å². The van der Waals surface area contributed by atoms with Gasteiger partial charge in [-0.3, -0.25) is 24.0 Å². The van der Waals surface area contributed by atoms with Crippen LogP contribution in [0.5, 0.6) is 0 Å². The SMILES string of the molecule is CCCNC(=O)C(CC)N(Cc1ccc(F)cc1)C(=O)CN(c1cccc([N+](=O)[O-])c1)S(=O)(=O)c1ccccc1. The van der Waals surface area contributed by atoms with E-state index in [-0.39, 0.29) is 29.2 Å². The molecule has 0 fully saturated rings. The Morgan fingerprint density at radius 2 is 1.68 bits per heavy atom. The highest BCUT2D eigenvalue weighted by Crippen LogP contribution is 2.27. The molecule has 40 heavy (non-hydrogen) atoms. The maximum Gasteiger partial charge on any atom is 0.271 e. The molecule has 0 aliphatic heterocycles. The van der Waals surface area contributed by atoms with Gasteiger partial charge in [0.2, 0.25) is 11.8 Å². The molecule has 3 rings (SSSR count). The van der Waals surface area contributed by atoms with Gasteiger partial charge in [0.15, 0.2) is 0 Å². The molecule has 0 saturated heterocycles. The zero-order valence-corrected chi connectivity index (χ0v) is 23.0. The van der Waals surface area contributed by atoms with Crippen molar-refractivity contribution in [3.63, 3.8) is 0 Å². The van der Waals surface area contributed by atoms with Gasteiger partial charge < -0.3 is 10.2 Å². The van der Waals surface area contributed by atoms with Crippen molar-refractivity contribution >= 4 is 33.2 Å². The normalized spacial score (nSPS) is 11.9. The summed E-state index contributed by atoms with van der Waals surface area (Å²) in [6.07, 6.45) is 0.898. The molecule has 1 atom stereocenters. The number of nitro groups is 1. The first-order chi connectivity index (χ1) is 19.1. The van der Waals surface area contributed by atoms with E-state index in [9.17, 15) is 32.5 Å². The van der Waals surface area contributed by atoms with Crippen LogP contribution < -0.4 is 9.62 Å². The Morgan fingerprint density at radius 1 is 1.00 bits per heavy atom. The van der Waals surface area contributed by atoms with Gasteiger partial charge in [-0.05, 0) is 48.7 Å². The van der Waals surface area contributed by atoms with E-state index in [0.717, 1.165) is 10.4 Å². The van der Waals surface area contributed by atoms with E-state index in [0.29, 0.717) is 18.5 Å². The Kier molecular flexibility index (Phi) is 10.3. The molecule has 3 aromatic rings. The number of nitrogens with zero attached hydrogens (tertiary/aromatic N) is 3. The summed E-state index contributed by atoms with van der Waals surface area (Å²) in [5.74, 6) is -1.60. The first-order valence-corrected chi connectivity index (χ1v) is 14.2. The number of hydrogen-bond acceptors (Lipinski definition) is 6. The van der Waals surface area contributed by atoms with Crippen molar-refractivity contribution in [1.29, 1.82) is 0 Å². The lowest BCUT2D eigenvalue weighted by atomic mass is 10.1. The van der Waals surface area contributed by atoms with Crippen molar-refractivity contribution in [2.24, 2.45) is 0 Å².